The van der Waals surface area contributed by atoms with E-state index < -0.39 is 0 Å². The van der Waals surface area contributed by atoms with E-state index in [0.29, 0.717) is 18.0 Å². The van der Waals surface area contributed by atoms with E-state index in [1.54, 1.807) is 36.7 Å². The Morgan fingerprint density at radius 2 is 1.93 bits per heavy atom. The third-order valence-electron chi connectivity index (χ3n) is 4.40. The van der Waals surface area contributed by atoms with E-state index >= 15 is 0 Å². The lowest BCUT2D eigenvalue weighted by molar-refractivity contribution is -0.116. The van der Waals surface area contributed by atoms with Crippen LogP contribution in [0.1, 0.15) is 16.7 Å². The summed E-state index contributed by atoms with van der Waals surface area (Å²) in [5.74, 6) is 0.312. The number of carbonyl (C=O) groups is 2. The molecule has 0 spiro atoms. The Hall–Kier alpha value is -4.19. The number of fused-ring (bicyclic) bond motifs is 1. The minimum absolute atomic E-state index is 0.200. The third kappa shape index (κ3) is 4.80. The predicted octanol–water partition coefficient (Wildman–Crippen LogP) is 3.78. The molecule has 4 rings (SSSR count). The summed E-state index contributed by atoms with van der Waals surface area (Å²) < 4.78 is 5.72. The number of rotatable bonds is 5. The van der Waals surface area contributed by atoms with Crippen molar-refractivity contribution in [3.05, 3.63) is 102 Å². The first-order valence-corrected chi connectivity index (χ1v) is 9.42. The normalized spacial score (nSPS) is 14.1. The molecule has 0 unspecified atom stereocenters. The van der Waals surface area contributed by atoms with Crippen molar-refractivity contribution in [3.63, 3.8) is 0 Å². The average Bonchev–Trinajstić information content (AvgIpc) is 2.78. The van der Waals surface area contributed by atoms with Gasteiger partial charge in [0.25, 0.3) is 5.91 Å². The number of ether oxygens (including phenoxy) is 1. The van der Waals surface area contributed by atoms with E-state index in [2.05, 4.69) is 15.6 Å². The first-order chi connectivity index (χ1) is 14.7. The van der Waals surface area contributed by atoms with E-state index in [0.717, 1.165) is 16.7 Å². The number of hydrogen-bond acceptors (Lipinski definition) is 4. The van der Waals surface area contributed by atoms with Crippen molar-refractivity contribution in [1.82, 2.24) is 10.3 Å². The fraction of sp³-hybridized carbons (Fsp3) is 0.0417. The number of hydrogen-bond donors (Lipinski definition) is 2. The lowest BCUT2D eigenvalue weighted by Crippen LogP contribution is -2.23. The molecule has 3 aromatic rings. The lowest BCUT2D eigenvalue weighted by atomic mass is 10.1. The average molecular weight is 397 g/mol. The Labute approximate surface area is 173 Å². The molecule has 0 aliphatic carbocycles. The molecule has 2 aromatic carbocycles. The highest BCUT2D eigenvalue weighted by Crippen LogP contribution is 2.30. The van der Waals surface area contributed by atoms with Crippen LogP contribution in [0.5, 0.6) is 5.75 Å². The van der Waals surface area contributed by atoms with Gasteiger partial charge in [-0.1, -0.05) is 36.4 Å². The minimum atomic E-state index is -0.301. The maximum atomic E-state index is 12.3. The number of amides is 2. The maximum Gasteiger partial charge on any atom is 0.291 e. The van der Waals surface area contributed by atoms with Crippen LogP contribution in [0.25, 0.3) is 12.2 Å². The van der Waals surface area contributed by atoms with Crippen molar-refractivity contribution in [3.8, 4) is 5.75 Å². The zero-order valence-corrected chi connectivity index (χ0v) is 16.0. The van der Waals surface area contributed by atoms with E-state index in [-0.39, 0.29) is 17.6 Å². The van der Waals surface area contributed by atoms with Crippen LogP contribution in [-0.2, 0) is 16.1 Å². The fourth-order valence-electron chi connectivity index (χ4n) is 2.93. The number of nitrogens with one attached hydrogen (secondary N) is 2. The van der Waals surface area contributed by atoms with Crippen molar-refractivity contribution in [2.24, 2.45) is 0 Å². The van der Waals surface area contributed by atoms with Crippen LogP contribution in [0, 0.1) is 0 Å². The van der Waals surface area contributed by atoms with Crippen LogP contribution in [0.15, 0.2) is 84.9 Å². The van der Waals surface area contributed by atoms with Crippen LogP contribution >= 0.6 is 0 Å². The summed E-state index contributed by atoms with van der Waals surface area (Å²) in [6.45, 7) is 0.414. The summed E-state index contributed by atoms with van der Waals surface area (Å²) in [5, 5.41) is 5.62. The number of carbonyl (C=O) groups excluding carboxylic acids is 2. The summed E-state index contributed by atoms with van der Waals surface area (Å²) in [4.78, 5) is 28.3. The predicted molar refractivity (Wildman–Crippen MR) is 115 cm³/mol. The van der Waals surface area contributed by atoms with Gasteiger partial charge < -0.3 is 15.4 Å². The van der Waals surface area contributed by atoms with Crippen molar-refractivity contribution >= 4 is 29.7 Å². The van der Waals surface area contributed by atoms with Gasteiger partial charge in [0.1, 0.15) is 0 Å². The number of pyridine rings is 1. The molecule has 0 bridgehead atoms. The number of anilines is 1. The topological polar surface area (TPSA) is 80.3 Å². The van der Waals surface area contributed by atoms with Crippen LogP contribution in [-0.4, -0.2) is 16.8 Å². The molecule has 1 aliphatic rings. The van der Waals surface area contributed by atoms with Crippen LogP contribution in [0.2, 0.25) is 0 Å². The smallest absolute Gasteiger partial charge is 0.291 e. The standard InChI is InChI=1S/C24H19N3O3/c28-23(26-16-19-7-4-12-25-15-19)11-10-17-5-3-6-18(13-17)14-22-24(29)27-20-8-1-2-9-21(20)30-22/h1-15H,16H2,(H,26,28)(H,27,29)/b11-10+,22-14-. The summed E-state index contributed by atoms with van der Waals surface area (Å²) in [5.41, 5.74) is 3.20. The minimum Gasteiger partial charge on any atom is -0.449 e. The Morgan fingerprint density at radius 3 is 2.80 bits per heavy atom. The van der Waals surface area contributed by atoms with Gasteiger partial charge in [-0.05, 0) is 53.1 Å². The van der Waals surface area contributed by atoms with Gasteiger partial charge in [-0.25, -0.2) is 0 Å². The highest BCUT2D eigenvalue weighted by atomic mass is 16.5. The molecule has 0 fully saturated rings. The number of benzene rings is 2. The molecular weight excluding hydrogens is 378 g/mol. The molecule has 2 amide bonds. The van der Waals surface area contributed by atoms with E-state index in [9.17, 15) is 9.59 Å². The Kier molecular flexibility index (Phi) is 5.66. The monoisotopic (exact) mass is 397 g/mol. The quantitative estimate of drug-likeness (QED) is 0.642. The molecule has 1 aliphatic heterocycles. The third-order valence-corrected chi connectivity index (χ3v) is 4.40. The number of nitrogens with zero attached hydrogens (tertiary/aromatic N) is 1. The SMILES string of the molecule is O=C(/C=C/c1cccc(/C=C2\Oc3ccccc3NC2=O)c1)NCc1cccnc1. The van der Waals surface area contributed by atoms with E-state index in [1.165, 1.54) is 6.08 Å². The first-order valence-electron chi connectivity index (χ1n) is 9.42. The second-order valence-corrected chi connectivity index (χ2v) is 6.64. The van der Waals surface area contributed by atoms with E-state index in [4.69, 9.17) is 4.74 Å². The van der Waals surface area contributed by atoms with Crippen molar-refractivity contribution in [2.75, 3.05) is 5.32 Å². The molecule has 148 valence electrons. The van der Waals surface area contributed by atoms with Crippen LogP contribution in [0.3, 0.4) is 0 Å². The second-order valence-electron chi connectivity index (χ2n) is 6.64. The zero-order valence-electron chi connectivity index (χ0n) is 16.0. The first kappa shape index (κ1) is 19.1. The molecule has 0 atom stereocenters. The van der Waals surface area contributed by atoms with Crippen LogP contribution in [0.4, 0.5) is 5.69 Å². The highest BCUT2D eigenvalue weighted by molar-refractivity contribution is 6.08. The fourth-order valence-corrected chi connectivity index (χ4v) is 2.93. The van der Waals surface area contributed by atoms with Crippen molar-refractivity contribution in [2.45, 2.75) is 6.54 Å². The second kappa shape index (κ2) is 8.87. The van der Waals surface area contributed by atoms with Gasteiger partial charge in [-0.2, -0.15) is 0 Å². The van der Waals surface area contributed by atoms with Gasteiger partial charge in [0.15, 0.2) is 11.5 Å². The van der Waals surface area contributed by atoms with Gasteiger partial charge in [0.05, 0.1) is 5.69 Å². The van der Waals surface area contributed by atoms with Crippen molar-refractivity contribution in [1.29, 1.82) is 0 Å². The summed E-state index contributed by atoms with van der Waals surface area (Å²) in [6.07, 6.45) is 8.27. The summed E-state index contributed by atoms with van der Waals surface area (Å²) in [7, 11) is 0. The van der Waals surface area contributed by atoms with Gasteiger partial charge in [-0.15, -0.1) is 0 Å². The molecule has 1 aromatic heterocycles. The molecule has 6 heteroatoms. The van der Waals surface area contributed by atoms with Crippen LogP contribution < -0.4 is 15.4 Å². The van der Waals surface area contributed by atoms with Crippen molar-refractivity contribution < 1.29 is 14.3 Å². The molecule has 0 saturated carbocycles. The number of aromatic nitrogens is 1. The van der Waals surface area contributed by atoms with E-state index in [1.807, 2.05) is 48.5 Å². The van der Waals surface area contributed by atoms with Gasteiger partial charge in [0.2, 0.25) is 5.91 Å². The molecule has 2 heterocycles. The summed E-state index contributed by atoms with van der Waals surface area (Å²) in [6, 6.07) is 18.5. The Bertz CT molecular complexity index is 1140. The molecule has 2 N–H and O–H groups in total. The molecule has 30 heavy (non-hydrogen) atoms. The van der Waals surface area contributed by atoms with Gasteiger partial charge >= 0.3 is 0 Å². The maximum absolute atomic E-state index is 12.3. The lowest BCUT2D eigenvalue weighted by Gasteiger charge is -2.19. The molecule has 6 nitrogen and oxygen atoms in total. The zero-order chi connectivity index (χ0) is 20.8. The Morgan fingerprint density at radius 1 is 1.07 bits per heavy atom. The van der Waals surface area contributed by atoms with Gasteiger partial charge in [-0.3, -0.25) is 14.6 Å². The largest absolute Gasteiger partial charge is 0.449 e. The Balaban J connectivity index is 1.42. The highest BCUT2D eigenvalue weighted by Gasteiger charge is 2.21. The number of para-hydroxylation sites is 2. The van der Waals surface area contributed by atoms with Gasteiger partial charge in [0, 0.05) is 25.0 Å². The summed E-state index contributed by atoms with van der Waals surface area (Å²) >= 11 is 0. The molecule has 0 radical (unpaired) electrons. The molecular formula is C24H19N3O3. The molecule has 0 saturated heterocycles.